The van der Waals surface area contributed by atoms with E-state index < -0.39 is 0 Å². The molecule has 0 N–H and O–H groups in total. The molecule has 0 radical (unpaired) electrons. The molecule has 0 aromatic heterocycles. The second-order valence-electron chi connectivity index (χ2n) is 4.33. The third-order valence-corrected chi connectivity index (χ3v) is 4.61. The Morgan fingerprint density at radius 1 is 0.952 bits per heavy atom. The average molecular weight is 334 g/mol. The van der Waals surface area contributed by atoms with E-state index in [9.17, 15) is 4.79 Å². The molecule has 2 aromatic rings. The maximum atomic E-state index is 12.0. The molecule has 104 valence electrons. The van der Waals surface area contributed by atoms with Gasteiger partial charge in [0, 0.05) is 21.2 Å². The maximum Gasteiger partial charge on any atom is 0.284 e. The minimum Gasteiger partial charge on any atom is -0.266 e. The Kier molecular flexibility index (Phi) is 4.15. The van der Waals surface area contributed by atoms with Gasteiger partial charge in [-0.25, -0.2) is 4.99 Å². The van der Waals surface area contributed by atoms with Crippen LogP contribution in [0.25, 0.3) is 6.08 Å². The number of rotatable bonds is 2. The number of aliphatic imine (C=N–C) groups is 1. The molecule has 0 aliphatic carbocycles. The summed E-state index contributed by atoms with van der Waals surface area (Å²) in [6.07, 6.45) is 1.69. The smallest absolute Gasteiger partial charge is 0.266 e. The topological polar surface area (TPSA) is 29.4 Å². The van der Waals surface area contributed by atoms with E-state index in [1.807, 2.05) is 30.3 Å². The Hall–Kier alpha value is -1.55. The molecule has 0 saturated heterocycles. The van der Waals surface area contributed by atoms with Gasteiger partial charge in [0.05, 0.1) is 4.91 Å². The van der Waals surface area contributed by atoms with Crippen LogP contribution in [0.15, 0.2) is 58.4 Å². The van der Waals surface area contributed by atoms with Gasteiger partial charge in [0.15, 0.2) is 0 Å². The Balaban J connectivity index is 1.93. The van der Waals surface area contributed by atoms with Gasteiger partial charge in [0.1, 0.15) is 5.04 Å². The summed E-state index contributed by atoms with van der Waals surface area (Å²) in [5.41, 5.74) is 1.56. The lowest BCUT2D eigenvalue weighted by atomic mass is 10.2. The molecule has 1 aliphatic heterocycles. The van der Waals surface area contributed by atoms with Gasteiger partial charge in [-0.2, -0.15) is 0 Å². The number of hydrogen-bond donors (Lipinski definition) is 0. The van der Waals surface area contributed by atoms with Crippen molar-refractivity contribution in [1.82, 2.24) is 0 Å². The van der Waals surface area contributed by atoms with Crippen LogP contribution in [0.4, 0.5) is 0 Å². The van der Waals surface area contributed by atoms with Crippen molar-refractivity contribution < 1.29 is 4.79 Å². The molecule has 1 aliphatic rings. The summed E-state index contributed by atoms with van der Waals surface area (Å²) < 4.78 is 0. The third kappa shape index (κ3) is 3.05. The minimum atomic E-state index is -0.269. The predicted octanol–water partition coefficient (Wildman–Crippen LogP) is 5.05. The first-order valence-electron chi connectivity index (χ1n) is 6.17. The van der Waals surface area contributed by atoms with E-state index in [2.05, 4.69) is 4.99 Å². The van der Waals surface area contributed by atoms with Crippen molar-refractivity contribution in [3.8, 4) is 0 Å². The molecule has 1 heterocycles. The molecule has 3 rings (SSSR count). The number of carbonyl (C=O) groups is 1. The standard InChI is InChI=1S/C16H9Cl2NOS/c17-12-7-4-8-13(18)11(12)9-14-15(20)19-16(21-14)10-5-2-1-3-6-10/h1-9H/b14-9-. The van der Waals surface area contributed by atoms with Crippen LogP contribution in [0, 0.1) is 0 Å². The van der Waals surface area contributed by atoms with Crippen molar-refractivity contribution in [2.45, 2.75) is 0 Å². The zero-order valence-corrected chi connectivity index (χ0v) is 13.0. The number of amides is 1. The van der Waals surface area contributed by atoms with Crippen LogP contribution in [0.2, 0.25) is 10.0 Å². The highest BCUT2D eigenvalue weighted by Crippen LogP contribution is 2.34. The first-order valence-corrected chi connectivity index (χ1v) is 7.74. The summed E-state index contributed by atoms with van der Waals surface area (Å²) in [6, 6.07) is 14.8. The lowest BCUT2D eigenvalue weighted by Crippen LogP contribution is -1.89. The zero-order valence-electron chi connectivity index (χ0n) is 10.7. The average Bonchev–Trinajstić information content (AvgIpc) is 2.85. The molecule has 1 amide bonds. The number of hydrogen-bond acceptors (Lipinski definition) is 2. The van der Waals surface area contributed by atoms with Gasteiger partial charge in [-0.1, -0.05) is 71.4 Å². The van der Waals surface area contributed by atoms with Crippen LogP contribution < -0.4 is 0 Å². The molecule has 0 spiro atoms. The van der Waals surface area contributed by atoms with Crippen molar-refractivity contribution in [2.75, 3.05) is 0 Å². The quantitative estimate of drug-likeness (QED) is 0.719. The Labute approximate surface area is 136 Å². The monoisotopic (exact) mass is 333 g/mol. The number of halogens is 2. The summed E-state index contributed by atoms with van der Waals surface area (Å²) in [5, 5.41) is 1.71. The molecule has 21 heavy (non-hydrogen) atoms. The van der Waals surface area contributed by atoms with Crippen molar-refractivity contribution in [2.24, 2.45) is 4.99 Å². The molecule has 0 bridgehead atoms. The van der Waals surface area contributed by atoms with Gasteiger partial charge in [0.2, 0.25) is 0 Å². The van der Waals surface area contributed by atoms with E-state index in [1.165, 1.54) is 11.8 Å². The van der Waals surface area contributed by atoms with Gasteiger partial charge < -0.3 is 0 Å². The predicted molar refractivity (Wildman–Crippen MR) is 90.0 cm³/mol. The fourth-order valence-electron chi connectivity index (χ4n) is 1.89. The summed E-state index contributed by atoms with van der Waals surface area (Å²) in [5.74, 6) is -0.269. The minimum absolute atomic E-state index is 0.269. The summed E-state index contributed by atoms with van der Waals surface area (Å²) in [4.78, 5) is 16.6. The van der Waals surface area contributed by atoms with Gasteiger partial charge in [-0.3, -0.25) is 4.79 Å². The first kappa shape index (κ1) is 14.4. The normalized spacial score (nSPS) is 16.4. The summed E-state index contributed by atoms with van der Waals surface area (Å²) in [6.45, 7) is 0. The molecular weight excluding hydrogens is 325 g/mol. The second-order valence-corrected chi connectivity index (χ2v) is 6.18. The SMILES string of the molecule is O=C1N=C(c2ccccc2)S/C1=C\c1c(Cl)cccc1Cl. The van der Waals surface area contributed by atoms with Crippen LogP contribution in [0.3, 0.4) is 0 Å². The van der Waals surface area contributed by atoms with Crippen molar-refractivity contribution in [1.29, 1.82) is 0 Å². The van der Waals surface area contributed by atoms with Crippen LogP contribution in [-0.4, -0.2) is 11.0 Å². The molecule has 0 unspecified atom stereocenters. The molecule has 0 atom stereocenters. The highest BCUT2D eigenvalue weighted by atomic mass is 35.5. The van der Waals surface area contributed by atoms with Crippen LogP contribution >= 0.6 is 35.0 Å². The highest BCUT2D eigenvalue weighted by Gasteiger charge is 2.23. The molecule has 2 aromatic carbocycles. The van der Waals surface area contributed by atoms with E-state index in [0.29, 0.717) is 25.6 Å². The summed E-state index contributed by atoms with van der Waals surface area (Å²) >= 11 is 13.6. The van der Waals surface area contributed by atoms with Crippen LogP contribution in [0.1, 0.15) is 11.1 Å². The van der Waals surface area contributed by atoms with E-state index in [4.69, 9.17) is 23.2 Å². The lowest BCUT2D eigenvalue weighted by molar-refractivity contribution is -0.113. The van der Waals surface area contributed by atoms with Gasteiger partial charge in [-0.15, -0.1) is 0 Å². The third-order valence-electron chi connectivity index (χ3n) is 2.92. The molecule has 0 saturated carbocycles. The van der Waals surface area contributed by atoms with E-state index >= 15 is 0 Å². The van der Waals surface area contributed by atoms with E-state index in [1.54, 1.807) is 24.3 Å². The zero-order chi connectivity index (χ0) is 14.8. The van der Waals surface area contributed by atoms with E-state index in [-0.39, 0.29) is 5.91 Å². The molecule has 0 fully saturated rings. The Morgan fingerprint density at radius 3 is 2.29 bits per heavy atom. The number of thioether (sulfide) groups is 1. The Morgan fingerprint density at radius 2 is 1.62 bits per heavy atom. The lowest BCUT2D eigenvalue weighted by Gasteiger charge is -2.02. The molecule has 5 heteroatoms. The van der Waals surface area contributed by atoms with Crippen molar-refractivity contribution in [3.63, 3.8) is 0 Å². The number of nitrogens with zero attached hydrogens (tertiary/aromatic N) is 1. The van der Waals surface area contributed by atoms with Crippen molar-refractivity contribution in [3.05, 3.63) is 74.6 Å². The second kappa shape index (κ2) is 6.06. The first-order chi connectivity index (χ1) is 10.1. The fourth-order valence-corrected chi connectivity index (χ4v) is 3.30. The van der Waals surface area contributed by atoms with Gasteiger partial charge >= 0.3 is 0 Å². The van der Waals surface area contributed by atoms with Crippen LogP contribution in [0.5, 0.6) is 0 Å². The maximum absolute atomic E-state index is 12.0. The number of carbonyl (C=O) groups excluding carboxylic acids is 1. The van der Waals surface area contributed by atoms with E-state index in [0.717, 1.165) is 5.56 Å². The van der Waals surface area contributed by atoms with Gasteiger partial charge in [0.25, 0.3) is 5.91 Å². The summed E-state index contributed by atoms with van der Waals surface area (Å²) in [7, 11) is 0. The Bertz CT molecular complexity index is 749. The number of benzene rings is 2. The van der Waals surface area contributed by atoms with Gasteiger partial charge in [-0.05, 0) is 18.2 Å². The highest BCUT2D eigenvalue weighted by molar-refractivity contribution is 8.19. The van der Waals surface area contributed by atoms with Crippen molar-refractivity contribution >= 4 is 52.0 Å². The van der Waals surface area contributed by atoms with Crippen LogP contribution in [-0.2, 0) is 4.79 Å². The molecule has 2 nitrogen and oxygen atoms in total. The fraction of sp³-hybridized carbons (Fsp3) is 0. The molecular formula is C16H9Cl2NOS. The largest absolute Gasteiger partial charge is 0.284 e.